The first-order valence-electron chi connectivity index (χ1n) is 10.9. The number of aromatic nitrogens is 4. The number of nitrogens with one attached hydrogen (secondary N) is 1. The zero-order valence-electron chi connectivity index (χ0n) is 18.4. The molecule has 7 nitrogen and oxygen atoms in total. The summed E-state index contributed by atoms with van der Waals surface area (Å²) in [4.78, 5) is 25.2. The van der Waals surface area contributed by atoms with E-state index < -0.39 is 0 Å². The highest BCUT2D eigenvalue weighted by molar-refractivity contribution is 5.76. The van der Waals surface area contributed by atoms with E-state index in [1.165, 1.54) is 5.56 Å². The predicted molar refractivity (Wildman–Crippen MR) is 124 cm³/mol. The lowest BCUT2D eigenvalue weighted by atomic mass is 10.1. The van der Waals surface area contributed by atoms with E-state index in [4.69, 9.17) is 0 Å². The Labute approximate surface area is 186 Å². The molecular weight excluding hydrogens is 402 g/mol. The molecule has 2 heterocycles. The second-order valence-electron chi connectivity index (χ2n) is 8.07. The van der Waals surface area contributed by atoms with E-state index >= 15 is 0 Å². The second-order valence-corrected chi connectivity index (χ2v) is 8.07. The molecule has 2 aromatic heterocycles. The van der Waals surface area contributed by atoms with Gasteiger partial charge < -0.3 is 5.32 Å². The number of amides is 1. The van der Waals surface area contributed by atoms with Crippen molar-refractivity contribution in [2.45, 2.75) is 39.5 Å². The number of rotatable bonds is 8. The Kier molecular flexibility index (Phi) is 6.44. The maximum atomic E-state index is 13.0. The molecule has 0 spiro atoms. The lowest BCUT2D eigenvalue weighted by molar-refractivity contribution is -0.121. The van der Waals surface area contributed by atoms with Crippen molar-refractivity contribution >= 4 is 11.6 Å². The summed E-state index contributed by atoms with van der Waals surface area (Å²) >= 11 is 0. The van der Waals surface area contributed by atoms with Crippen LogP contribution in [0.3, 0.4) is 0 Å². The van der Waals surface area contributed by atoms with Gasteiger partial charge in [0.2, 0.25) is 11.6 Å². The van der Waals surface area contributed by atoms with Gasteiger partial charge in [-0.25, -0.2) is 0 Å². The molecule has 1 amide bonds. The van der Waals surface area contributed by atoms with Gasteiger partial charge in [0.1, 0.15) is 5.82 Å². The van der Waals surface area contributed by atoms with Gasteiger partial charge in [0, 0.05) is 37.5 Å². The SMILES string of the molecule is Cc1cc(C)cc(-n2ccn3c(CCC(=O)NCCCc4ccccc4)nnc3c2=O)c1. The van der Waals surface area contributed by atoms with Crippen LogP contribution in [0.5, 0.6) is 0 Å². The van der Waals surface area contributed by atoms with Crippen molar-refractivity contribution in [2.75, 3.05) is 6.54 Å². The average molecular weight is 430 g/mol. The smallest absolute Gasteiger partial charge is 0.300 e. The summed E-state index contributed by atoms with van der Waals surface area (Å²) in [5, 5.41) is 11.2. The fraction of sp³-hybridized carbons (Fsp3) is 0.280. The van der Waals surface area contributed by atoms with E-state index in [1.807, 2.05) is 44.2 Å². The zero-order valence-corrected chi connectivity index (χ0v) is 18.4. The summed E-state index contributed by atoms with van der Waals surface area (Å²) in [7, 11) is 0. The van der Waals surface area contributed by atoms with Crippen molar-refractivity contribution in [1.29, 1.82) is 0 Å². The summed E-state index contributed by atoms with van der Waals surface area (Å²) in [6.45, 7) is 4.64. The Morgan fingerprint density at radius 2 is 1.72 bits per heavy atom. The van der Waals surface area contributed by atoms with E-state index in [-0.39, 0.29) is 17.1 Å². The topological polar surface area (TPSA) is 81.3 Å². The number of hydrogen-bond donors (Lipinski definition) is 1. The van der Waals surface area contributed by atoms with E-state index in [2.05, 4.69) is 33.7 Å². The molecule has 2 aromatic carbocycles. The zero-order chi connectivity index (χ0) is 22.5. The number of hydrogen-bond acceptors (Lipinski definition) is 4. The maximum absolute atomic E-state index is 13.0. The van der Waals surface area contributed by atoms with Crippen LogP contribution in [-0.2, 0) is 17.6 Å². The summed E-state index contributed by atoms with van der Waals surface area (Å²) in [5.74, 6) is 0.572. The highest BCUT2D eigenvalue weighted by atomic mass is 16.1. The van der Waals surface area contributed by atoms with Crippen molar-refractivity contribution in [3.8, 4) is 5.69 Å². The van der Waals surface area contributed by atoms with Crippen molar-refractivity contribution < 1.29 is 4.79 Å². The molecular formula is C25H27N5O2. The molecule has 0 saturated carbocycles. The highest BCUT2D eigenvalue weighted by Gasteiger charge is 2.13. The molecule has 0 unspecified atom stereocenters. The number of carbonyl (C=O) groups excluding carboxylic acids is 1. The molecule has 0 atom stereocenters. The minimum Gasteiger partial charge on any atom is -0.356 e. The first-order chi connectivity index (χ1) is 15.5. The van der Waals surface area contributed by atoms with E-state index in [0.29, 0.717) is 25.2 Å². The third-order valence-electron chi connectivity index (χ3n) is 5.41. The van der Waals surface area contributed by atoms with Crippen LogP contribution < -0.4 is 10.9 Å². The molecule has 164 valence electrons. The third-order valence-corrected chi connectivity index (χ3v) is 5.41. The normalized spacial score (nSPS) is 11.1. The van der Waals surface area contributed by atoms with Gasteiger partial charge in [0.15, 0.2) is 0 Å². The van der Waals surface area contributed by atoms with Crippen LogP contribution in [0.1, 0.15) is 35.4 Å². The van der Waals surface area contributed by atoms with E-state index in [0.717, 1.165) is 29.7 Å². The van der Waals surface area contributed by atoms with Gasteiger partial charge in [0.25, 0.3) is 0 Å². The van der Waals surface area contributed by atoms with Crippen molar-refractivity contribution in [1.82, 2.24) is 24.5 Å². The van der Waals surface area contributed by atoms with E-state index in [1.54, 1.807) is 21.4 Å². The van der Waals surface area contributed by atoms with Crippen LogP contribution in [0.15, 0.2) is 65.7 Å². The standard InChI is InChI=1S/C25H27N5O2/c1-18-15-19(2)17-21(16-18)29-13-14-30-22(27-28-24(30)25(29)32)10-11-23(31)26-12-6-9-20-7-4-3-5-8-20/h3-5,7-8,13-17H,6,9-12H2,1-2H3,(H,26,31). The van der Waals surface area contributed by atoms with Gasteiger partial charge in [-0.1, -0.05) is 36.4 Å². The van der Waals surface area contributed by atoms with Crippen LogP contribution in [0.2, 0.25) is 0 Å². The molecule has 4 rings (SSSR count). The molecule has 1 N–H and O–H groups in total. The summed E-state index contributed by atoms with van der Waals surface area (Å²) in [6, 6.07) is 16.2. The monoisotopic (exact) mass is 429 g/mol. The predicted octanol–water partition coefficient (Wildman–Crippen LogP) is 3.18. The Hall–Kier alpha value is -3.74. The fourth-order valence-electron chi connectivity index (χ4n) is 3.88. The summed E-state index contributed by atoms with van der Waals surface area (Å²) in [5.41, 5.74) is 4.26. The fourth-order valence-corrected chi connectivity index (χ4v) is 3.88. The second kappa shape index (κ2) is 9.60. The average Bonchev–Trinajstić information content (AvgIpc) is 3.19. The van der Waals surface area contributed by atoms with Crippen LogP contribution in [0.25, 0.3) is 11.3 Å². The molecule has 0 aliphatic heterocycles. The Balaban J connectivity index is 1.37. The van der Waals surface area contributed by atoms with Crippen LogP contribution in [0, 0.1) is 13.8 Å². The molecule has 32 heavy (non-hydrogen) atoms. The van der Waals surface area contributed by atoms with Gasteiger partial charge in [-0.2, -0.15) is 0 Å². The minimum absolute atomic E-state index is 0.0293. The summed E-state index contributed by atoms with van der Waals surface area (Å²) < 4.78 is 3.25. The first-order valence-corrected chi connectivity index (χ1v) is 10.9. The van der Waals surface area contributed by atoms with Gasteiger partial charge in [-0.05, 0) is 55.5 Å². The van der Waals surface area contributed by atoms with Gasteiger partial charge in [-0.15, -0.1) is 10.2 Å². The number of aryl methyl sites for hydroxylation is 4. The first kappa shape index (κ1) is 21.5. The quantitative estimate of drug-likeness (QED) is 0.436. The molecule has 0 fully saturated rings. The van der Waals surface area contributed by atoms with Crippen molar-refractivity contribution in [2.24, 2.45) is 0 Å². The lowest BCUT2D eigenvalue weighted by Crippen LogP contribution is -2.25. The highest BCUT2D eigenvalue weighted by Crippen LogP contribution is 2.13. The Morgan fingerprint density at radius 1 is 0.969 bits per heavy atom. The van der Waals surface area contributed by atoms with Crippen molar-refractivity contribution in [3.63, 3.8) is 0 Å². The Bertz CT molecular complexity index is 1270. The number of fused-ring (bicyclic) bond motifs is 1. The molecule has 0 bridgehead atoms. The Morgan fingerprint density at radius 3 is 2.47 bits per heavy atom. The molecule has 0 saturated heterocycles. The van der Waals surface area contributed by atoms with Gasteiger partial charge >= 0.3 is 5.56 Å². The molecule has 0 aliphatic rings. The molecule has 4 aromatic rings. The number of nitrogens with zero attached hydrogens (tertiary/aromatic N) is 4. The van der Waals surface area contributed by atoms with Gasteiger partial charge in [-0.3, -0.25) is 18.6 Å². The molecule has 7 heteroatoms. The van der Waals surface area contributed by atoms with Gasteiger partial charge in [0.05, 0.1) is 0 Å². The maximum Gasteiger partial charge on any atom is 0.300 e. The van der Waals surface area contributed by atoms with Crippen molar-refractivity contribution in [3.05, 3.63) is 93.8 Å². The lowest BCUT2D eigenvalue weighted by Gasteiger charge is -2.09. The number of benzene rings is 2. The minimum atomic E-state index is -0.235. The number of carbonyl (C=O) groups is 1. The van der Waals surface area contributed by atoms with E-state index in [9.17, 15) is 9.59 Å². The third kappa shape index (κ3) is 4.94. The molecule has 0 radical (unpaired) electrons. The molecule has 0 aliphatic carbocycles. The largest absolute Gasteiger partial charge is 0.356 e. The van der Waals surface area contributed by atoms with Crippen LogP contribution in [0.4, 0.5) is 0 Å². The van der Waals surface area contributed by atoms with Crippen LogP contribution in [-0.4, -0.2) is 31.6 Å². The van der Waals surface area contributed by atoms with Crippen LogP contribution >= 0.6 is 0 Å². The summed E-state index contributed by atoms with van der Waals surface area (Å²) in [6.07, 6.45) is 6.04.